The molecule has 0 aliphatic carbocycles. The van der Waals surface area contributed by atoms with Gasteiger partial charge in [0.1, 0.15) is 34.2 Å². The van der Waals surface area contributed by atoms with Gasteiger partial charge in [0.15, 0.2) is 5.76 Å². The lowest BCUT2D eigenvalue weighted by Crippen LogP contribution is -2.15. The first-order valence-corrected chi connectivity index (χ1v) is 11.2. The van der Waals surface area contributed by atoms with E-state index in [1.54, 1.807) is 61.3 Å². The van der Waals surface area contributed by atoms with Crippen LogP contribution >= 0.6 is 0 Å². The smallest absolute Gasteiger partial charge is 0.241 e. The van der Waals surface area contributed by atoms with Crippen molar-refractivity contribution in [2.45, 2.75) is 6.42 Å². The molecule has 1 atom stereocenters. The monoisotopic (exact) mass is 464 g/mol. The molecule has 1 N–H and O–H groups in total. The molecule has 3 aromatic heterocycles. The molecular formula is C22H20N6O4S. The van der Waals surface area contributed by atoms with Crippen molar-refractivity contribution in [1.82, 2.24) is 19.7 Å². The molecule has 1 aromatic carbocycles. The summed E-state index contributed by atoms with van der Waals surface area (Å²) in [6.07, 6.45) is 3.47. The van der Waals surface area contributed by atoms with E-state index in [0.717, 1.165) is 5.69 Å². The van der Waals surface area contributed by atoms with Gasteiger partial charge in [0.2, 0.25) is 11.8 Å². The van der Waals surface area contributed by atoms with E-state index < -0.39 is 11.0 Å². The number of rotatable bonds is 9. The number of furan rings is 1. The summed E-state index contributed by atoms with van der Waals surface area (Å²) in [5.74, 6) is 2.38. The Hall–Kier alpha value is -4.17. The fourth-order valence-electron chi connectivity index (χ4n) is 3.17. The Morgan fingerprint density at radius 2 is 1.91 bits per heavy atom. The van der Waals surface area contributed by atoms with Gasteiger partial charge >= 0.3 is 0 Å². The van der Waals surface area contributed by atoms with Crippen LogP contribution < -0.4 is 14.2 Å². The van der Waals surface area contributed by atoms with Gasteiger partial charge in [-0.05, 0) is 36.4 Å². The van der Waals surface area contributed by atoms with Gasteiger partial charge in [-0.1, -0.05) is 6.07 Å². The highest BCUT2D eigenvalue weighted by molar-refractivity contribution is 7.86. The van der Waals surface area contributed by atoms with Crippen LogP contribution in [0, 0.1) is 11.3 Å². The molecule has 4 aromatic rings. The van der Waals surface area contributed by atoms with Crippen molar-refractivity contribution in [2.75, 3.05) is 24.7 Å². The summed E-state index contributed by atoms with van der Waals surface area (Å²) in [5.41, 5.74) is 1.74. The molecule has 0 amide bonds. The average molecular weight is 465 g/mol. The third-order valence-corrected chi connectivity index (χ3v) is 5.72. The van der Waals surface area contributed by atoms with E-state index in [2.05, 4.69) is 19.9 Å². The number of nitrogens with one attached hydrogen (secondary N) is 1. The van der Waals surface area contributed by atoms with Crippen LogP contribution in [0.25, 0.3) is 17.3 Å². The van der Waals surface area contributed by atoms with E-state index >= 15 is 0 Å². The fourth-order valence-corrected chi connectivity index (χ4v) is 4.00. The number of aromatic nitrogens is 4. The summed E-state index contributed by atoms with van der Waals surface area (Å²) in [6.45, 7) is 0. The van der Waals surface area contributed by atoms with Crippen molar-refractivity contribution in [3.05, 3.63) is 66.2 Å². The van der Waals surface area contributed by atoms with Crippen molar-refractivity contribution in [2.24, 2.45) is 0 Å². The van der Waals surface area contributed by atoms with Crippen LogP contribution in [-0.2, 0) is 17.4 Å². The standard InChI is InChI=1S/C22H20N6O4S/c1-30-17-5-3-6-18(31-2)20(17)28-21(19-7-4-11-32-19)25-26-22(28)27-33(29)12-10-16-9-8-15(13-23)14-24-16/h3-9,11,14H,10,12H2,1-2H3,(H,26,27). The van der Waals surface area contributed by atoms with Gasteiger partial charge in [-0.15, -0.1) is 10.2 Å². The highest BCUT2D eigenvalue weighted by atomic mass is 32.2. The third kappa shape index (κ3) is 4.70. The zero-order valence-electron chi connectivity index (χ0n) is 17.9. The van der Waals surface area contributed by atoms with E-state index in [1.165, 1.54) is 12.5 Å². The number of ether oxygens (including phenoxy) is 2. The maximum Gasteiger partial charge on any atom is 0.241 e. The lowest BCUT2D eigenvalue weighted by Gasteiger charge is -2.17. The highest BCUT2D eigenvalue weighted by Crippen LogP contribution is 2.37. The fraction of sp³-hybridized carbons (Fsp3) is 0.182. The predicted octanol–water partition coefficient (Wildman–Crippen LogP) is 3.13. The molecule has 3 heterocycles. The van der Waals surface area contributed by atoms with Gasteiger partial charge in [0.25, 0.3) is 0 Å². The Labute approximate surface area is 192 Å². The van der Waals surface area contributed by atoms with Crippen molar-refractivity contribution < 1.29 is 18.1 Å². The van der Waals surface area contributed by atoms with Gasteiger partial charge in [-0.25, -0.2) is 4.21 Å². The summed E-state index contributed by atoms with van der Waals surface area (Å²) >= 11 is 0. The summed E-state index contributed by atoms with van der Waals surface area (Å²) in [7, 11) is 1.59. The molecule has 0 saturated carbocycles. The minimum absolute atomic E-state index is 0.232. The summed E-state index contributed by atoms with van der Waals surface area (Å²) in [5, 5.41) is 17.3. The van der Waals surface area contributed by atoms with Crippen LogP contribution in [0.15, 0.2) is 59.3 Å². The molecule has 10 nitrogen and oxygen atoms in total. The van der Waals surface area contributed by atoms with E-state index in [0.29, 0.717) is 40.8 Å². The minimum atomic E-state index is -1.50. The Balaban J connectivity index is 1.65. The largest absolute Gasteiger partial charge is 0.494 e. The molecular weight excluding hydrogens is 444 g/mol. The number of methoxy groups -OCH3 is 2. The summed E-state index contributed by atoms with van der Waals surface area (Å²) < 4.78 is 34.0. The molecule has 0 aliphatic rings. The van der Waals surface area contributed by atoms with Crippen LogP contribution in [0.3, 0.4) is 0 Å². The summed E-state index contributed by atoms with van der Waals surface area (Å²) in [4.78, 5) is 4.21. The first-order chi connectivity index (χ1) is 16.1. The van der Waals surface area contributed by atoms with Crippen LogP contribution in [0.4, 0.5) is 5.95 Å². The number of hydrogen-bond donors (Lipinski definition) is 1. The molecule has 168 valence electrons. The van der Waals surface area contributed by atoms with Crippen LogP contribution in [-0.4, -0.2) is 43.9 Å². The Morgan fingerprint density at radius 1 is 1.12 bits per heavy atom. The van der Waals surface area contributed by atoms with E-state index in [-0.39, 0.29) is 11.7 Å². The predicted molar refractivity (Wildman–Crippen MR) is 121 cm³/mol. The molecule has 0 bridgehead atoms. The second-order valence-corrected chi connectivity index (χ2v) is 8.03. The second-order valence-electron chi connectivity index (χ2n) is 6.72. The van der Waals surface area contributed by atoms with Gasteiger partial charge in [0, 0.05) is 24.1 Å². The van der Waals surface area contributed by atoms with Crippen LogP contribution in [0.2, 0.25) is 0 Å². The average Bonchev–Trinajstić information content (AvgIpc) is 3.52. The number of hydrogen-bond acceptors (Lipinski definition) is 8. The van der Waals surface area contributed by atoms with Crippen LogP contribution in [0.5, 0.6) is 11.5 Å². The van der Waals surface area contributed by atoms with Crippen LogP contribution in [0.1, 0.15) is 11.3 Å². The van der Waals surface area contributed by atoms with Crippen molar-refractivity contribution in [3.8, 4) is 34.8 Å². The SMILES string of the molecule is COc1cccc(OC)c1-n1c(NS(=O)CCc2ccc(C#N)cn2)nnc1-c1ccco1. The minimum Gasteiger partial charge on any atom is -0.494 e. The number of aryl methyl sites for hydroxylation is 1. The molecule has 11 heteroatoms. The normalized spacial score (nSPS) is 11.5. The Bertz CT molecular complexity index is 1270. The zero-order valence-corrected chi connectivity index (χ0v) is 18.7. The number of nitriles is 1. The number of benzene rings is 1. The second kappa shape index (κ2) is 9.97. The number of para-hydroxylation sites is 1. The third-order valence-electron chi connectivity index (χ3n) is 4.73. The molecule has 0 radical (unpaired) electrons. The lowest BCUT2D eigenvalue weighted by molar-refractivity contribution is 0.391. The molecule has 0 fully saturated rings. The maximum atomic E-state index is 12.8. The molecule has 4 rings (SSSR count). The molecule has 0 saturated heterocycles. The van der Waals surface area contributed by atoms with Gasteiger partial charge in [0.05, 0.1) is 26.0 Å². The number of anilines is 1. The lowest BCUT2D eigenvalue weighted by atomic mass is 10.2. The first-order valence-electron chi connectivity index (χ1n) is 9.85. The Morgan fingerprint density at radius 3 is 2.52 bits per heavy atom. The Kier molecular flexibility index (Phi) is 6.66. The first kappa shape index (κ1) is 22.0. The van der Waals surface area contributed by atoms with Gasteiger partial charge < -0.3 is 13.9 Å². The molecule has 0 aliphatic heterocycles. The van der Waals surface area contributed by atoms with E-state index in [1.807, 2.05) is 6.07 Å². The maximum absolute atomic E-state index is 12.8. The number of nitrogens with zero attached hydrogens (tertiary/aromatic N) is 5. The zero-order chi connectivity index (χ0) is 23.2. The quantitative estimate of drug-likeness (QED) is 0.400. The van der Waals surface area contributed by atoms with E-state index in [9.17, 15) is 4.21 Å². The number of pyridine rings is 1. The highest BCUT2D eigenvalue weighted by Gasteiger charge is 2.24. The van der Waals surface area contributed by atoms with Crippen molar-refractivity contribution in [3.63, 3.8) is 0 Å². The van der Waals surface area contributed by atoms with Crippen molar-refractivity contribution in [1.29, 1.82) is 5.26 Å². The summed E-state index contributed by atoms with van der Waals surface area (Å²) in [6, 6.07) is 14.3. The van der Waals surface area contributed by atoms with E-state index in [4.69, 9.17) is 19.2 Å². The molecule has 0 spiro atoms. The molecule has 1 unspecified atom stereocenters. The van der Waals surface area contributed by atoms with Crippen molar-refractivity contribution >= 4 is 16.9 Å². The molecule has 33 heavy (non-hydrogen) atoms. The topological polar surface area (TPSA) is 128 Å². The van der Waals surface area contributed by atoms with Gasteiger partial charge in [-0.3, -0.25) is 14.3 Å². The van der Waals surface area contributed by atoms with Gasteiger partial charge in [-0.2, -0.15) is 5.26 Å².